The van der Waals surface area contributed by atoms with Crippen LogP contribution in [0.1, 0.15) is 44.9 Å². The van der Waals surface area contributed by atoms with E-state index in [1.807, 2.05) is 0 Å². The van der Waals surface area contributed by atoms with E-state index in [-0.39, 0.29) is 30.1 Å². The number of hydrogen-bond acceptors (Lipinski definition) is 3. The maximum Gasteiger partial charge on any atom is 0.226 e. The van der Waals surface area contributed by atoms with E-state index in [1.54, 1.807) is 6.07 Å². The molecule has 2 aliphatic rings. The minimum Gasteiger partial charge on any atom is -0.370 e. The Morgan fingerprint density at radius 2 is 2.04 bits per heavy atom. The molecule has 2 heterocycles. The van der Waals surface area contributed by atoms with E-state index in [2.05, 4.69) is 15.5 Å². The average Bonchev–Trinajstić information content (AvgIpc) is 2.55. The van der Waals surface area contributed by atoms with Gasteiger partial charge in [0.15, 0.2) is 0 Å². The van der Waals surface area contributed by atoms with E-state index in [1.165, 1.54) is 18.6 Å². The van der Waals surface area contributed by atoms with Gasteiger partial charge in [-0.2, -0.15) is 0 Å². The molecule has 2 N–H and O–H groups in total. The fourth-order valence-corrected chi connectivity index (χ4v) is 3.48. The standard InChI is InChI=1S/C18H24FN3O2/c19-13-7-8-16(22-9-2-1-3-10-22)15(11-13)21-18(24)12-14-5-4-6-17(23)20-14/h7-8,11,14H,1-6,9-10,12H2,(H,20,23)(H,21,24). The van der Waals surface area contributed by atoms with Gasteiger partial charge in [0, 0.05) is 32.0 Å². The van der Waals surface area contributed by atoms with Gasteiger partial charge in [-0.15, -0.1) is 0 Å². The molecule has 0 aliphatic carbocycles. The molecular formula is C18H24FN3O2. The third-order valence-electron chi connectivity index (χ3n) is 4.68. The van der Waals surface area contributed by atoms with Crippen LogP contribution in [-0.4, -0.2) is 30.9 Å². The summed E-state index contributed by atoms with van der Waals surface area (Å²) in [4.78, 5) is 25.9. The zero-order valence-electron chi connectivity index (χ0n) is 13.8. The van der Waals surface area contributed by atoms with Gasteiger partial charge in [0.1, 0.15) is 5.82 Å². The molecule has 0 aromatic heterocycles. The second kappa shape index (κ2) is 7.64. The molecule has 0 radical (unpaired) electrons. The Morgan fingerprint density at radius 1 is 1.25 bits per heavy atom. The SMILES string of the molecule is O=C(CC1CCCC(=O)N1)Nc1cc(F)ccc1N1CCCCC1. The van der Waals surface area contributed by atoms with E-state index < -0.39 is 0 Å². The number of benzene rings is 1. The van der Waals surface area contributed by atoms with Crippen LogP contribution < -0.4 is 15.5 Å². The predicted octanol–water partition coefficient (Wildman–Crippen LogP) is 2.81. The lowest BCUT2D eigenvalue weighted by Gasteiger charge is -2.30. The number of anilines is 2. The highest BCUT2D eigenvalue weighted by Crippen LogP contribution is 2.29. The number of amides is 2. The molecule has 1 aromatic carbocycles. The molecule has 24 heavy (non-hydrogen) atoms. The maximum atomic E-state index is 13.6. The maximum absolute atomic E-state index is 13.6. The Kier molecular flexibility index (Phi) is 5.33. The monoisotopic (exact) mass is 333 g/mol. The van der Waals surface area contributed by atoms with Crippen molar-refractivity contribution < 1.29 is 14.0 Å². The molecule has 0 saturated carbocycles. The normalized spacial score (nSPS) is 21.3. The van der Waals surface area contributed by atoms with Gasteiger partial charge >= 0.3 is 0 Å². The van der Waals surface area contributed by atoms with Crippen molar-refractivity contribution in [2.24, 2.45) is 0 Å². The number of carbonyl (C=O) groups excluding carboxylic acids is 2. The first-order valence-electron chi connectivity index (χ1n) is 8.75. The molecule has 6 heteroatoms. The number of rotatable bonds is 4. The molecule has 1 atom stereocenters. The summed E-state index contributed by atoms with van der Waals surface area (Å²) in [5, 5.41) is 5.68. The second-order valence-electron chi connectivity index (χ2n) is 6.62. The number of nitrogens with zero attached hydrogens (tertiary/aromatic N) is 1. The van der Waals surface area contributed by atoms with Gasteiger partial charge in [-0.1, -0.05) is 0 Å². The van der Waals surface area contributed by atoms with Crippen LogP contribution in [0.2, 0.25) is 0 Å². The zero-order chi connectivity index (χ0) is 16.9. The first-order chi connectivity index (χ1) is 11.6. The van der Waals surface area contributed by atoms with Gasteiger partial charge in [-0.3, -0.25) is 9.59 Å². The zero-order valence-corrected chi connectivity index (χ0v) is 13.8. The number of hydrogen-bond donors (Lipinski definition) is 2. The third kappa shape index (κ3) is 4.24. The molecule has 2 aliphatic heterocycles. The minimum atomic E-state index is -0.364. The highest BCUT2D eigenvalue weighted by Gasteiger charge is 2.22. The molecule has 1 unspecified atom stereocenters. The molecule has 2 fully saturated rings. The van der Waals surface area contributed by atoms with Crippen molar-refractivity contribution in [2.45, 2.75) is 51.0 Å². The smallest absolute Gasteiger partial charge is 0.226 e. The summed E-state index contributed by atoms with van der Waals surface area (Å²) < 4.78 is 13.6. The van der Waals surface area contributed by atoms with Gasteiger partial charge in [-0.05, 0) is 50.3 Å². The van der Waals surface area contributed by atoms with Gasteiger partial charge in [0.2, 0.25) is 11.8 Å². The topological polar surface area (TPSA) is 61.4 Å². The molecule has 2 amide bonds. The minimum absolute atomic E-state index is 0.00110. The number of carbonyl (C=O) groups is 2. The van der Waals surface area contributed by atoms with Crippen molar-refractivity contribution in [3.8, 4) is 0 Å². The number of halogens is 1. The molecule has 130 valence electrons. The first-order valence-corrected chi connectivity index (χ1v) is 8.75. The Balaban J connectivity index is 1.67. The Morgan fingerprint density at radius 3 is 2.79 bits per heavy atom. The van der Waals surface area contributed by atoms with E-state index in [0.717, 1.165) is 44.5 Å². The van der Waals surface area contributed by atoms with Crippen LogP contribution in [0, 0.1) is 5.82 Å². The van der Waals surface area contributed by atoms with Crippen LogP contribution >= 0.6 is 0 Å². The van der Waals surface area contributed by atoms with Crippen LogP contribution in [0.5, 0.6) is 0 Å². The molecule has 1 aromatic rings. The Bertz CT molecular complexity index is 614. The van der Waals surface area contributed by atoms with E-state index in [0.29, 0.717) is 12.1 Å². The van der Waals surface area contributed by atoms with Crippen LogP contribution in [-0.2, 0) is 9.59 Å². The van der Waals surface area contributed by atoms with Crippen LogP contribution in [0.15, 0.2) is 18.2 Å². The van der Waals surface area contributed by atoms with Crippen molar-refractivity contribution in [2.75, 3.05) is 23.3 Å². The van der Waals surface area contributed by atoms with Crippen molar-refractivity contribution in [3.63, 3.8) is 0 Å². The molecular weight excluding hydrogens is 309 g/mol. The van der Waals surface area contributed by atoms with Gasteiger partial charge < -0.3 is 15.5 Å². The van der Waals surface area contributed by atoms with Gasteiger partial charge in [0.25, 0.3) is 0 Å². The molecule has 0 bridgehead atoms. The summed E-state index contributed by atoms with van der Waals surface area (Å²) in [6, 6.07) is 4.42. The second-order valence-corrected chi connectivity index (χ2v) is 6.62. The number of nitrogens with one attached hydrogen (secondary N) is 2. The van der Waals surface area contributed by atoms with Crippen LogP contribution in [0.25, 0.3) is 0 Å². The van der Waals surface area contributed by atoms with Gasteiger partial charge in [0.05, 0.1) is 11.4 Å². The number of piperidine rings is 2. The highest BCUT2D eigenvalue weighted by atomic mass is 19.1. The highest BCUT2D eigenvalue weighted by molar-refractivity contribution is 5.95. The lowest BCUT2D eigenvalue weighted by molar-refractivity contribution is -0.124. The Hall–Kier alpha value is -2.11. The summed E-state index contributed by atoms with van der Waals surface area (Å²) in [5.41, 5.74) is 1.39. The van der Waals surface area contributed by atoms with E-state index >= 15 is 0 Å². The summed E-state index contributed by atoms with van der Waals surface area (Å²) in [6.07, 6.45) is 5.80. The molecule has 3 rings (SSSR count). The van der Waals surface area contributed by atoms with Crippen molar-refractivity contribution in [3.05, 3.63) is 24.0 Å². The lowest BCUT2D eigenvalue weighted by atomic mass is 10.0. The van der Waals surface area contributed by atoms with Crippen LogP contribution in [0.3, 0.4) is 0 Å². The van der Waals surface area contributed by atoms with E-state index in [4.69, 9.17) is 0 Å². The van der Waals surface area contributed by atoms with Crippen molar-refractivity contribution in [1.29, 1.82) is 0 Å². The fourth-order valence-electron chi connectivity index (χ4n) is 3.48. The largest absolute Gasteiger partial charge is 0.370 e. The Labute approximate surface area is 141 Å². The molecule has 0 spiro atoms. The van der Waals surface area contributed by atoms with E-state index in [9.17, 15) is 14.0 Å². The summed E-state index contributed by atoms with van der Waals surface area (Å²) >= 11 is 0. The summed E-state index contributed by atoms with van der Waals surface area (Å²) in [7, 11) is 0. The van der Waals surface area contributed by atoms with Crippen LogP contribution in [0.4, 0.5) is 15.8 Å². The van der Waals surface area contributed by atoms with Gasteiger partial charge in [-0.25, -0.2) is 4.39 Å². The fraction of sp³-hybridized carbons (Fsp3) is 0.556. The van der Waals surface area contributed by atoms with Crippen molar-refractivity contribution >= 4 is 23.2 Å². The predicted molar refractivity (Wildman–Crippen MR) is 91.5 cm³/mol. The lowest BCUT2D eigenvalue weighted by Crippen LogP contribution is -2.40. The molecule has 5 nitrogen and oxygen atoms in total. The first kappa shape index (κ1) is 16.7. The third-order valence-corrected chi connectivity index (χ3v) is 4.68. The summed E-state index contributed by atoms with van der Waals surface area (Å²) in [6.45, 7) is 1.85. The summed E-state index contributed by atoms with van der Waals surface area (Å²) in [5.74, 6) is -0.554. The molecule has 2 saturated heterocycles. The average molecular weight is 333 g/mol. The van der Waals surface area contributed by atoms with Crippen molar-refractivity contribution in [1.82, 2.24) is 5.32 Å². The quantitative estimate of drug-likeness (QED) is 0.891.